The molecule has 0 radical (unpaired) electrons. The fraction of sp³-hybridized carbons (Fsp3) is 0.571. The van der Waals surface area contributed by atoms with Crippen molar-refractivity contribution in [1.82, 2.24) is 0 Å². The molecule has 0 bridgehead atoms. The third kappa shape index (κ3) is 4.93. The summed E-state index contributed by atoms with van der Waals surface area (Å²) in [7, 11) is -3.56. The average molecular weight is 380 g/mol. The van der Waals surface area contributed by atoms with Gasteiger partial charge >= 0.3 is 0 Å². The van der Waals surface area contributed by atoms with Crippen molar-refractivity contribution in [2.75, 3.05) is 12.4 Å². The molecular formula is C14H19BrFNO3S. The molecule has 0 unspecified atom stereocenters. The average Bonchev–Trinajstić information content (AvgIpc) is 2.39. The van der Waals surface area contributed by atoms with Crippen LogP contribution in [-0.2, 0) is 10.0 Å². The number of ether oxygens (including phenoxy) is 1. The van der Waals surface area contributed by atoms with Crippen LogP contribution in [0.4, 0.5) is 4.39 Å². The van der Waals surface area contributed by atoms with Gasteiger partial charge in [-0.2, -0.15) is 0 Å². The number of rotatable bonds is 5. The van der Waals surface area contributed by atoms with Gasteiger partial charge in [-0.1, -0.05) is 19.3 Å². The van der Waals surface area contributed by atoms with Gasteiger partial charge in [-0.15, -0.1) is 0 Å². The molecule has 0 aliphatic heterocycles. The standard InChI is InChI=1S/C14H19BrFNO3S/c15-12-5-4-11(8-13(12)16)20-9-14(10-21(17,18)19)6-2-1-3-7-14/h4-5,8H,1-3,6-7,9-10H2,(H2,17,18,19). The Labute approximate surface area is 133 Å². The van der Waals surface area contributed by atoms with Crippen molar-refractivity contribution < 1.29 is 17.5 Å². The number of nitrogens with two attached hydrogens (primary N) is 1. The zero-order chi connectivity index (χ0) is 15.5. The second kappa shape index (κ2) is 6.62. The van der Waals surface area contributed by atoms with E-state index in [1.807, 2.05) is 0 Å². The van der Waals surface area contributed by atoms with Crippen LogP contribution in [0.1, 0.15) is 32.1 Å². The van der Waals surface area contributed by atoms with Crippen LogP contribution >= 0.6 is 15.9 Å². The van der Waals surface area contributed by atoms with E-state index in [-0.39, 0.29) is 12.4 Å². The summed E-state index contributed by atoms with van der Waals surface area (Å²) in [6.07, 6.45) is 4.56. The molecule has 4 nitrogen and oxygen atoms in total. The third-order valence-electron chi connectivity index (χ3n) is 3.86. The van der Waals surface area contributed by atoms with Gasteiger partial charge in [-0.05, 0) is 40.9 Å². The van der Waals surface area contributed by atoms with Crippen LogP contribution in [0.5, 0.6) is 5.75 Å². The summed E-state index contributed by atoms with van der Waals surface area (Å²) >= 11 is 3.08. The van der Waals surface area contributed by atoms with E-state index in [1.165, 1.54) is 6.07 Å². The van der Waals surface area contributed by atoms with Gasteiger partial charge in [-0.25, -0.2) is 17.9 Å². The maximum absolute atomic E-state index is 13.5. The van der Waals surface area contributed by atoms with Crippen molar-refractivity contribution in [3.63, 3.8) is 0 Å². The van der Waals surface area contributed by atoms with Crippen molar-refractivity contribution in [3.05, 3.63) is 28.5 Å². The number of primary sulfonamides is 1. The van der Waals surface area contributed by atoms with Gasteiger partial charge in [0.1, 0.15) is 11.6 Å². The van der Waals surface area contributed by atoms with Gasteiger partial charge < -0.3 is 4.74 Å². The van der Waals surface area contributed by atoms with Crippen LogP contribution in [0, 0.1) is 11.2 Å². The maximum atomic E-state index is 13.5. The first-order valence-electron chi connectivity index (χ1n) is 6.88. The SMILES string of the molecule is NS(=O)(=O)CC1(COc2ccc(Br)c(F)c2)CCCCC1. The Morgan fingerprint density at radius 3 is 2.52 bits per heavy atom. The lowest BCUT2D eigenvalue weighted by Gasteiger charge is -2.36. The predicted octanol–water partition coefficient (Wildman–Crippen LogP) is 3.21. The molecule has 0 atom stereocenters. The van der Waals surface area contributed by atoms with Crippen LogP contribution in [0.25, 0.3) is 0 Å². The van der Waals surface area contributed by atoms with E-state index in [0.29, 0.717) is 10.2 Å². The number of hydrogen-bond donors (Lipinski definition) is 1. The summed E-state index contributed by atoms with van der Waals surface area (Å²) in [6.45, 7) is 0.241. The van der Waals surface area contributed by atoms with Crippen LogP contribution in [0.2, 0.25) is 0 Å². The number of sulfonamides is 1. The maximum Gasteiger partial charge on any atom is 0.209 e. The highest BCUT2D eigenvalue weighted by Crippen LogP contribution is 2.38. The lowest BCUT2D eigenvalue weighted by molar-refractivity contribution is 0.118. The molecule has 1 aliphatic rings. The zero-order valence-corrected chi connectivity index (χ0v) is 14.1. The van der Waals surface area contributed by atoms with Crippen LogP contribution < -0.4 is 9.88 Å². The highest BCUT2D eigenvalue weighted by molar-refractivity contribution is 9.10. The third-order valence-corrected chi connectivity index (χ3v) is 5.52. The number of hydrogen-bond acceptors (Lipinski definition) is 3. The summed E-state index contributed by atoms with van der Waals surface area (Å²) < 4.78 is 42.4. The van der Waals surface area contributed by atoms with Gasteiger partial charge in [0, 0.05) is 11.5 Å². The molecule has 1 fully saturated rings. The van der Waals surface area contributed by atoms with Crippen molar-refractivity contribution >= 4 is 26.0 Å². The zero-order valence-electron chi connectivity index (χ0n) is 11.6. The first-order valence-corrected chi connectivity index (χ1v) is 9.39. The summed E-state index contributed by atoms with van der Waals surface area (Å²) in [5, 5.41) is 5.21. The molecule has 1 aromatic rings. The summed E-state index contributed by atoms with van der Waals surface area (Å²) in [6, 6.07) is 4.51. The van der Waals surface area contributed by atoms with Gasteiger partial charge in [0.05, 0.1) is 16.8 Å². The molecular weight excluding hydrogens is 361 g/mol. The Kier molecular flexibility index (Phi) is 5.27. The molecule has 118 valence electrons. The van der Waals surface area contributed by atoms with Crippen molar-refractivity contribution in [1.29, 1.82) is 0 Å². The fourth-order valence-corrected chi connectivity index (χ4v) is 4.33. The fourth-order valence-electron chi connectivity index (χ4n) is 2.86. The molecule has 0 aromatic heterocycles. The Bertz CT molecular complexity index is 600. The Morgan fingerprint density at radius 2 is 1.95 bits per heavy atom. The van der Waals surface area contributed by atoms with Gasteiger partial charge in [0.15, 0.2) is 0 Å². The first kappa shape index (κ1) is 16.7. The molecule has 2 N–H and O–H groups in total. The summed E-state index contributed by atoms with van der Waals surface area (Å²) in [5.41, 5.74) is -0.463. The predicted molar refractivity (Wildman–Crippen MR) is 83.1 cm³/mol. The molecule has 2 rings (SSSR count). The lowest BCUT2D eigenvalue weighted by atomic mass is 9.76. The van der Waals surface area contributed by atoms with E-state index in [4.69, 9.17) is 9.88 Å². The topological polar surface area (TPSA) is 69.4 Å². The molecule has 1 saturated carbocycles. The summed E-state index contributed by atoms with van der Waals surface area (Å²) in [5.74, 6) is -0.0920. The van der Waals surface area contributed by atoms with Crippen LogP contribution in [-0.4, -0.2) is 20.8 Å². The highest BCUT2D eigenvalue weighted by Gasteiger charge is 2.36. The first-order chi connectivity index (χ1) is 9.80. The van der Waals surface area contributed by atoms with E-state index in [1.54, 1.807) is 12.1 Å². The van der Waals surface area contributed by atoms with E-state index >= 15 is 0 Å². The van der Waals surface area contributed by atoms with E-state index in [2.05, 4.69) is 15.9 Å². The minimum absolute atomic E-state index is 0.0843. The Balaban J connectivity index is 2.10. The van der Waals surface area contributed by atoms with Crippen LogP contribution in [0.3, 0.4) is 0 Å². The quantitative estimate of drug-likeness (QED) is 0.853. The van der Waals surface area contributed by atoms with Gasteiger partial charge in [0.25, 0.3) is 0 Å². The minimum atomic E-state index is -3.56. The highest BCUT2D eigenvalue weighted by atomic mass is 79.9. The Morgan fingerprint density at radius 1 is 1.29 bits per heavy atom. The van der Waals surface area contributed by atoms with E-state index in [0.717, 1.165) is 32.1 Å². The van der Waals surface area contributed by atoms with Crippen molar-refractivity contribution in [2.24, 2.45) is 10.6 Å². The molecule has 1 aromatic carbocycles. The smallest absolute Gasteiger partial charge is 0.209 e. The number of benzene rings is 1. The number of halogens is 2. The van der Waals surface area contributed by atoms with E-state index < -0.39 is 21.3 Å². The minimum Gasteiger partial charge on any atom is -0.493 e. The molecule has 0 spiro atoms. The molecule has 1 aliphatic carbocycles. The second-order valence-corrected chi connectivity index (χ2v) is 8.20. The van der Waals surface area contributed by atoms with Crippen molar-refractivity contribution in [2.45, 2.75) is 32.1 Å². The molecule has 0 amide bonds. The molecule has 0 heterocycles. The molecule has 21 heavy (non-hydrogen) atoms. The Hall–Kier alpha value is -0.660. The monoisotopic (exact) mass is 379 g/mol. The second-order valence-electron chi connectivity index (χ2n) is 5.73. The van der Waals surface area contributed by atoms with Crippen LogP contribution in [0.15, 0.2) is 22.7 Å². The van der Waals surface area contributed by atoms with E-state index in [9.17, 15) is 12.8 Å². The molecule has 7 heteroatoms. The van der Waals surface area contributed by atoms with Gasteiger partial charge in [-0.3, -0.25) is 0 Å². The van der Waals surface area contributed by atoms with Crippen molar-refractivity contribution in [3.8, 4) is 5.75 Å². The lowest BCUT2D eigenvalue weighted by Crippen LogP contribution is -2.40. The molecule has 0 saturated heterocycles. The normalized spacial score (nSPS) is 18.4. The summed E-state index contributed by atoms with van der Waals surface area (Å²) in [4.78, 5) is 0. The van der Waals surface area contributed by atoms with Gasteiger partial charge in [0.2, 0.25) is 10.0 Å². The largest absolute Gasteiger partial charge is 0.493 e.